The molecule has 4 nitrogen and oxygen atoms in total. The highest BCUT2D eigenvalue weighted by molar-refractivity contribution is 6.43. The van der Waals surface area contributed by atoms with Crippen LogP contribution >= 0.6 is 0 Å². The summed E-state index contributed by atoms with van der Waals surface area (Å²) in [5.74, 6) is -1.07. The van der Waals surface area contributed by atoms with E-state index in [0.29, 0.717) is 5.75 Å². The maximum Gasteiger partial charge on any atom is 0.386 e. The highest BCUT2D eigenvalue weighted by atomic mass is 16.5. The lowest BCUT2D eigenvalue weighted by atomic mass is 10.3. The van der Waals surface area contributed by atoms with Gasteiger partial charge in [-0.05, 0) is 6.07 Å². The van der Waals surface area contributed by atoms with Crippen molar-refractivity contribution < 1.29 is 14.3 Å². The van der Waals surface area contributed by atoms with Crippen molar-refractivity contribution in [3.8, 4) is 5.75 Å². The zero-order valence-electron chi connectivity index (χ0n) is 4.88. The molecule has 0 fully saturated rings. The summed E-state index contributed by atoms with van der Waals surface area (Å²) in [4.78, 5) is 23.9. The summed E-state index contributed by atoms with van der Waals surface area (Å²) in [5.41, 5.74) is 0.255. The number of H-pyrrole nitrogens is 1. The summed E-state index contributed by atoms with van der Waals surface area (Å²) >= 11 is 0. The molecule has 0 radical (unpaired) electrons. The number of carbonyl (C=O) groups excluding carboxylic acids is 2. The number of nitrogens with one attached hydrogen (secondary N) is 1. The molecule has 4 heteroatoms. The Morgan fingerprint density at radius 1 is 1.40 bits per heavy atom. The normalized spacial score (nSPS) is 15.2. The Bertz CT molecular complexity index is 313. The molecule has 2 rings (SSSR count). The minimum absolute atomic E-state index is 0.255. The SMILES string of the molecule is O=C1Oc2cc[nH]c2C1=O. The average molecular weight is 137 g/mol. The van der Waals surface area contributed by atoms with Gasteiger partial charge < -0.3 is 9.72 Å². The van der Waals surface area contributed by atoms with Crippen molar-refractivity contribution in [2.24, 2.45) is 0 Å². The van der Waals surface area contributed by atoms with Gasteiger partial charge in [0.1, 0.15) is 5.69 Å². The summed E-state index contributed by atoms with van der Waals surface area (Å²) < 4.78 is 4.54. The van der Waals surface area contributed by atoms with Crippen LogP contribution in [0.4, 0.5) is 0 Å². The Kier molecular flexibility index (Phi) is 0.768. The van der Waals surface area contributed by atoms with Gasteiger partial charge in [0.05, 0.1) is 0 Å². The first-order valence-corrected chi connectivity index (χ1v) is 2.73. The smallest absolute Gasteiger partial charge is 0.386 e. The zero-order chi connectivity index (χ0) is 7.14. The molecule has 0 aliphatic carbocycles. The van der Waals surface area contributed by atoms with Crippen molar-refractivity contribution in [3.63, 3.8) is 0 Å². The minimum atomic E-state index is -0.804. The third-order valence-corrected chi connectivity index (χ3v) is 1.32. The summed E-state index contributed by atoms with van der Waals surface area (Å²) in [5, 5.41) is 0. The maximum atomic E-state index is 10.8. The number of carbonyl (C=O) groups is 2. The fraction of sp³-hybridized carbons (Fsp3) is 0. The van der Waals surface area contributed by atoms with Crippen molar-refractivity contribution in [3.05, 3.63) is 18.0 Å². The standard InChI is InChI=1S/C6H3NO3/c8-5-4-3(1-2-7-4)10-6(5)9/h1-2,7H. The number of Topliss-reactive ketones (excluding diaryl/α,β-unsaturated/α-hetero) is 1. The Labute approximate surface area is 55.8 Å². The third kappa shape index (κ3) is 0.452. The number of fused-ring (bicyclic) bond motifs is 1. The van der Waals surface area contributed by atoms with E-state index in [4.69, 9.17) is 0 Å². The van der Waals surface area contributed by atoms with Gasteiger partial charge in [0.15, 0.2) is 5.75 Å². The van der Waals surface area contributed by atoms with Gasteiger partial charge in [-0.1, -0.05) is 0 Å². The second kappa shape index (κ2) is 1.47. The summed E-state index contributed by atoms with van der Waals surface area (Å²) in [7, 11) is 0. The molecule has 1 aromatic heterocycles. The Balaban J connectivity index is 2.63. The number of hydrogen-bond donors (Lipinski definition) is 1. The van der Waals surface area contributed by atoms with Crippen molar-refractivity contribution in [1.82, 2.24) is 4.98 Å². The fourth-order valence-corrected chi connectivity index (χ4v) is 0.866. The largest absolute Gasteiger partial charge is 0.418 e. The Hall–Kier alpha value is -1.58. The van der Waals surface area contributed by atoms with E-state index >= 15 is 0 Å². The maximum absolute atomic E-state index is 10.8. The zero-order valence-corrected chi connectivity index (χ0v) is 4.88. The molecule has 50 valence electrons. The van der Waals surface area contributed by atoms with E-state index in [2.05, 4.69) is 9.72 Å². The van der Waals surface area contributed by atoms with Gasteiger partial charge in [0, 0.05) is 6.20 Å². The van der Waals surface area contributed by atoms with E-state index in [1.165, 1.54) is 6.07 Å². The molecule has 2 heterocycles. The van der Waals surface area contributed by atoms with Crippen LogP contribution in [0, 0.1) is 0 Å². The molecule has 0 bridgehead atoms. The van der Waals surface area contributed by atoms with Gasteiger partial charge in [-0.25, -0.2) is 4.79 Å². The van der Waals surface area contributed by atoms with Crippen LogP contribution in [0.1, 0.15) is 10.5 Å². The molecule has 0 aromatic carbocycles. The van der Waals surface area contributed by atoms with Crippen molar-refractivity contribution in [2.75, 3.05) is 0 Å². The Morgan fingerprint density at radius 3 is 2.90 bits per heavy atom. The molecule has 1 N–H and O–H groups in total. The van der Waals surface area contributed by atoms with E-state index in [1.54, 1.807) is 6.20 Å². The van der Waals surface area contributed by atoms with E-state index in [0.717, 1.165) is 0 Å². The van der Waals surface area contributed by atoms with Gasteiger partial charge in [0.2, 0.25) is 0 Å². The monoisotopic (exact) mass is 137 g/mol. The summed E-state index contributed by atoms with van der Waals surface area (Å²) in [6.07, 6.45) is 1.55. The summed E-state index contributed by atoms with van der Waals surface area (Å²) in [6, 6.07) is 1.54. The van der Waals surface area contributed by atoms with E-state index in [-0.39, 0.29) is 5.69 Å². The van der Waals surface area contributed by atoms with Gasteiger partial charge in [0.25, 0.3) is 5.78 Å². The fourth-order valence-electron chi connectivity index (χ4n) is 0.866. The van der Waals surface area contributed by atoms with Crippen LogP contribution in [-0.2, 0) is 4.79 Å². The number of rotatable bonds is 0. The number of ketones is 1. The number of hydrogen-bond acceptors (Lipinski definition) is 3. The first-order valence-electron chi connectivity index (χ1n) is 2.73. The highest BCUT2D eigenvalue weighted by Crippen LogP contribution is 2.23. The number of esters is 1. The molecular weight excluding hydrogens is 134 g/mol. The lowest BCUT2D eigenvalue weighted by molar-refractivity contribution is -0.128. The van der Waals surface area contributed by atoms with Crippen LogP contribution in [-0.4, -0.2) is 16.7 Å². The van der Waals surface area contributed by atoms with Gasteiger partial charge >= 0.3 is 5.97 Å². The van der Waals surface area contributed by atoms with E-state index in [9.17, 15) is 9.59 Å². The number of aromatic nitrogens is 1. The van der Waals surface area contributed by atoms with Gasteiger partial charge in [-0.3, -0.25) is 4.79 Å². The molecule has 10 heavy (non-hydrogen) atoms. The van der Waals surface area contributed by atoms with E-state index < -0.39 is 11.8 Å². The second-order valence-corrected chi connectivity index (χ2v) is 1.94. The number of aromatic amines is 1. The minimum Gasteiger partial charge on any atom is -0.418 e. The van der Waals surface area contributed by atoms with Crippen LogP contribution < -0.4 is 4.74 Å². The lowest BCUT2D eigenvalue weighted by Gasteiger charge is -1.83. The second-order valence-electron chi connectivity index (χ2n) is 1.94. The van der Waals surface area contributed by atoms with Crippen LogP contribution in [0.15, 0.2) is 12.3 Å². The molecule has 1 aliphatic heterocycles. The molecular formula is C6H3NO3. The molecule has 0 amide bonds. The molecule has 0 spiro atoms. The van der Waals surface area contributed by atoms with Crippen molar-refractivity contribution in [1.29, 1.82) is 0 Å². The first kappa shape index (κ1) is 5.22. The molecule has 0 saturated heterocycles. The van der Waals surface area contributed by atoms with Crippen molar-refractivity contribution >= 4 is 11.8 Å². The van der Waals surface area contributed by atoms with E-state index in [1.807, 2.05) is 0 Å². The van der Waals surface area contributed by atoms with Crippen LogP contribution in [0.2, 0.25) is 0 Å². The first-order chi connectivity index (χ1) is 4.79. The topological polar surface area (TPSA) is 59.2 Å². The predicted molar refractivity (Wildman–Crippen MR) is 30.8 cm³/mol. The Morgan fingerprint density at radius 2 is 2.20 bits per heavy atom. The quantitative estimate of drug-likeness (QED) is 0.408. The van der Waals surface area contributed by atoms with Crippen LogP contribution in [0.3, 0.4) is 0 Å². The molecule has 1 aromatic rings. The van der Waals surface area contributed by atoms with Crippen molar-refractivity contribution in [2.45, 2.75) is 0 Å². The molecule has 1 aliphatic rings. The third-order valence-electron chi connectivity index (χ3n) is 1.32. The predicted octanol–water partition coefficient (Wildman–Crippen LogP) is 0.116. The van der Waals surface area contributed by atoms with Crippen LogP contribution in [0.25, 0.3) is 0 Å². The average Bonchev–Trinajstić information content (AvgIpc) is 2.41. The molecule has 0 atom stereocenters. The molecule has 0 saturated carbocycles. The molecule has 0 unspecified atom stereocenters. The highest BCUT2D eigenvalue weighted by Gasteiger charge is 2.31. The lowest BCUT2D eigenvalue weighted by Crippen LogP contribution is -2.11. The summed E-state index contributed by atoms with van der Waals surface area (Å²) in [6.45, 7) is 0. The van der Waals surface area contributed by atoms with Gasteiger partial charge in [-0.15, -0.1) is 0 Å². The van der Waals surface area contributed by atoms with Crippen LogP contribution in [0.5, 0.6) is 5.75 Å². The van der Waals surface area contributed by atoms with Gasteiger partial charge in [-0.2, -0.15) is 0 Å². The number of ether oxygens (including phenoxy) is 1.